The van der Waals surface area contributed by atoms with E-state index < -0.39 is 27.8 Å². The Hall–Kier alpha value is -3.39. The Morgan fingerprint density at radius 3 is 2.19 bits per heavy atom. The van der Waals surface area contributed by atoms with Crippen molar-refractivity contribution in [3.63, 3.8) is 0 Å². The normalized spacial score (nSPS) is 12.3. The lowest BCUT2D eigenvalue weighted by Gasteiger charge is -2.24. The molecular weight excluding hydrogens is 428 g/mol. The van der Waals surface area contributed by atoms with Gasteiger partial charge in [-0.05, 0) is 60.9 Å². The second-order valence-corrected chi connectivity index (χ2v) is 9.09. The van der Waals surface area contributed by atoms with Crippen molar-refractivity contribution in [3.8, 4) is 5.75 Å². The van der Waals surface area contributed by atoms with Gasteiger partial charge >= 0.3 is 0 Å². The molecule has 0 heterocycles. The van der Waals surface area contributed by atoms with Gasteiger partial charge in [-0.15, -0.1) is 0 Å². The lowest BCUT2D eigenvalue weighted by atomic mass is 9.97. The predicted octanol–water partition coefficient (Wildman–Crippen LogP) is 3.08. The van der Waals surface area contributed by atoms with Crippen molar-refractivity contribution >= 4 is 32.6 Å². The number of carbonyl (C=O) groups is 2. The minimum absolute atomic E-state index is 0.00862. The number of amides is 2. The molecule has 7 nitrogen and oxygen atoms in total. The number of aromatic hydroxyl groups is 1. The van der Waals surface area contributed by atoms with Crippen molar-refractivity contribution in [1.29, 1.82) is 0 Å². The predicted molar refractivity (Wildman–Crippen MR) is 123 cm³/mol. The van der Waals surface area contributed by atoms with Crippen molar-refractivity contribution in [2.45, 2.75) is 25.2 Å². The van der Waals surface area contributed by atoms with E-state index in [9.17, 15) is 23.1 Å². The highest BCUT2D eigenvalue weighted by molar-refractivity contribution is 7.90. The number of benzene rings is 3. The molecule has 0 radical (unpaired) electrons. The molecule has 0 aliphatic carbocycles. The molecule has 1 unspecified atom stereocenters. The molecule has 168 valence electrons. The van der Waals surface area contributed by atoms with Gasteiger partial charge in [0, 0.05) is 13.1 Å². The summed E-state index contributed by atoms with van der Waals surface area (Å²) in [5.41, 5.74) is 0.631. The summed E-state index contributed by atoms with van der Waals surface area (Å²) in [7, 11) is -4.18. The number of nitrogens with zero attached hydrogens (tertiary/aromatic N) is 1. The average Bonchev–Trinajstić information content (AvgIpc) is 2.78. The van der Waals surface area contributed by atoms with Gasteiger partial charge in [0.05, 0.1) is 4.90 Å². The van der Waals surface area contributed by atoms with E-state index in [4.69, 9.17) is 0 Å². The van der Waals surface area contributed by atoms with Gasteiger partial charge in [-0.1, -0.05) is 42.5 Å². The first-order chi connectivity index (χ1) is 15.2. The van der Waals surface area contributed by atoms with Crippen molar-refractivity contribution < 1.29 is 23.1 Å². The molecule has 0 bridgehead atoms. The number of nitrogens with one attached hydrogen (secondary N) is 1. The van der Waals surface area contributed by atoms with E-state index in [-0.39, 0.29) is 17.1 Å². The van der Waals surface area contributed by atoms with E-state index >= 15 is 0 Å². The zero-order valence-corrected chi connectivity index (χ0v) is 18.8. The van der Waals surface area contributed by atoms with Crippen molar-refractivity contribution in [2.24, 2.45) is 5.92 Å². The van der Waals surface area contributed by atoms with Gasteiger partial charge in [0.25, 0.3) is 10.0 Å². The highest BCUT2D eigenvalue weighted by atomic mass is 32.2. The summed E-state index contributed by atoms with van der Waals surface area (Å²) in [6.07, 6.45) is 0.00862. The summed E-state index contributed by atoms with van der Waals surface area (Å²) in [6.45, 7) is 4.38. The fourth-order valence-electron chi connectivity index (χ4n) is 3.51. The van der Waals surface area contributed by atoms with Crippen LogP contribution >= 0.6 is 0 Å². The van der Waals surface area contributed by atoms with Crippen LogP contribution in [0.5, 0.6) is 5.75 Å². The summed E-state index contributed by atoms with van der Waals surface area (Å²) in [6, 6.07) is 18.0. The van der Waals surface area contributed by atoms with Crippen LogP contribution in [0.1, 0.15) is 19.4 Å². The number of phenols is 1. The van der Waals surface area contributed by atoms with Crippen LogP contribution in [0.3, 0.4) is 0 Å². The molecule has 0 aromatic heterocycles. The number of fused-ring (bicyclic) bond motifs is 1. The number of carbonyl (C=O) groups excluding carboxylic acids is 2. The minimum Gasteiger partial charge on any atom is -0.508 e. The Bertz CT molecular complexity index is 1220. The Morgan fingerprint density at radius 1 is 0.938 bits per heavy atom. The first-order valence-electron chi connectivity index (χ1n) is 10.4. The number of phenolic OH excluding ortho intramolecular Hbond substituents is 1. The lowest BCUT2D eigenvalue weighted by molar-refractivity contribution is -0.141. The number of rotatable bonds is 8. The minimum atomic E-state index is -4.18. The van der Waals surface area contributed by atoms with E-state index in [1.807, 2.05) is 12.1 Å². The van der Waals surface area contributed by atoms with Crippen LogP contribution in [0.4, 0.5) is 0 Å². The lowest BCUT2D eigenvalue weighted by Crippen LogP contribution is -2.46. The molecule has 0 aliphatic rings. The molecule has 0 saturated carbocycles. The fraction of sp³-hybridized carbons (Fsp3) is 0.250. The summed E-state index contributed by atoms with van der Waals surface area (Å²) in [5, 5.41) is 11.1. The maximum atomic E-state index is 13.1. The Balaban J connectivity index is 1.89. The highest BCUT2D eigenvalue weighted by Crippen LogP contribution is 2.20. The highest BCUT2D eigenvalue weighted by Gasteiger charge is 2.33. The molecule has 32 heavy (non-hydrogen) atoms. The van der Waals surface area contributed by atoms with Crippen LogP contribution in [-0.4, -0.2) is 43.3 Å². The number of sulfonamides is 1. The monoisotopic (exact) mass is 454 g/mol. The third-order valence-electron chi connectivity index (χ3n) is 5.33. The summed E-state index contributed by atoms with van der Waals surface area (Å²) in [5.74, 6) is -2.50. The molecule has 0 saturated heterocycles. The zero-order chi connectivity index (χ0) is 23.3. The molecule has 0 fully saturated rings. The number of hydrogen-bond acceptors (Lipinski definition) is 5. The van der Waals surface area contributed by atoms with E-state index in [1.165, 1.54) is 29.2 Å². The molecule has 0 spiro atoms. The maximum absolute atomic E-state index is 13.1. The van der Waals surface area contributed by atoms with Crippen LogP contribution < -0.4 is 4.72 Å². The van der Waals surface area contributed by atoms with Gasteiger partial charge in [-0.3, -0.25) is 9.59 Å². The fourth-order valence-corrected chi connectivity index (χ4v) is 4.57. The largest absolute Gasteiger partial charge is 0.508 e. The topological polar surface area (TPSA) is 104 Å². The molecule has 3 aromatic carbocycles. The van der Waals surface area contributed by atoms with Gasteiger partial charge in [0.1, 0.15) is 11.7 Å². The molecular formula is C24H26N2O5S. The van der Waals surface area contributed by atoms with Crippen LogP contribution in [0, 0.1) is 5.92 Å². The quantitative estimate of drug-likeness (QED) is 0.509. The third kappa shape index (κ3) is 5.26. The molecule has 0 aliphatic heterocycles. The first-order valence-corrected chi connectivity index (χ1v) is 11.9. The first kappa shape index (κ1) is 23.3. The zero-order valence-electron chi connectivity index (χ0n) is 18.0. The maximum Gasteiger partial charge on any atom is 0.264 e. The molecule has 1 atom stereocenters. The van der Waals surface area contributed by atoms with E-state index in [1.54, 1.807) is 44.2 Å². The van der Waals surface area contributed by atoms with Gasteiger partial charge in [0.2, 0.25) is 11.8 Å². The SMILES string of the molecule is CCN(CC)C(=O)C(Cc1ccc(O)cc1)C(=O)NS(=O)(=O)c1ccc2ccccc2c1. The van der Waals surface area contributed by atoms with Crippen LogP contribution in [-0.2, 0) is 26.0 Å². The Morgan fingerprint density at radius 2 is 1.56 bits per heavy atom. The summed E-state index contributed by atoms with van der Waals surface area (Å²) < 4.78 is 27.9. The van der Waals surface area contributed by atoms with Crippen molar-refractivity contribution in [3.05, 3.63) is 72.3 Å². The van der Waals surface area contributed by atoms with E-state index in [0.29, 0.717) is 18.7 Å². The van der Waals surface area contributed by atoms with Crippen LogP contribution in [0.15, 0.2) is 71.6 Å². The van der Waals surface area contributed by atoms with E-state index in [2.05, 4.69) is 4.72 Å². The van der Waals surface area contributed by atoms with Crippen LogP contribution in [0.25, 0.3) is 10.8 Å². The summed E-state index contributed by atoms with van der Waals surface area (Å²) in [4.78, 5) is 27.5. The second kappa shape index (κ2) is 9.82. The molecule has 2 N–H and O–H groups in total. The second-order valence-electron chi connectivity index (χ2n) is 7.41. The van der Waals surface area contributed by atoms with Crippen molar-refractivity contribution in [2.75, 3.05) is 13.1 Å². The Labute approximate surface area is 187 Å². The molecule has 8 heteroatoms. The molecule has 3 aromatic rings. The molecule has 2 amide bonds. The molecule has 3 rings (SSSR count). The smallest absolute Gasteiger partial charge is 0.264 e. The standard InChI is InChI=1S/C24H26N2O5S/c1-3-26(4-2)24(29)22(15-17-9-12-20(27)13-10-17)23(28)25-32(30,31)21-14-11-18-7-5-6-8-19(18)16-21/h5-14,16,22,27H,3-4,15H2,1-2H3,(H,25,28). The van der Waals surface area contributed by atoms with Crippen LogP contribution in [0.2, 0.25) is 0 Å². The van der Waals surface area contributed by atoms with Gasteiger partial charge in [-0.2, -0.15) is 0 Å². The van der Waals surface area contributed by atoms with Crippen molar-refractivity contribution in [1.82, 2.24) is 9.62 Å². The number of hydrogen-bond donors (Lipinski definition) is 2. The van der Waals surface area contributed by atoms with Gasteiger partial charge in [-0.25, -0.2) is 13.1 Å². The van der Waals surface area contributed by atoms with Gasteiger partial charge in [0.15, 0.2) is 0 Å². The third-order valence-corrected chi connectivity index (χ3v) is 6.68. The van der Waals surface area contributed by atoms with Gasteiger partial charge < -0.3 is 10.0 Å². The Kier molecular flexibility index (Phi) is 7.15. The average molecular weight is 455 g/mol. The summed E-state index contributed by atoms with van der Waals surface area (Å²) >= 11 is 0. The van der Waals surface area contributed by atoms with E-state index in [0.717, 1.165) is 10.8 Å².